The third kappa shape index (κ3) is 3.53. The van der Waals surface area contributed by atoms with Gasteiger partial charge in [-0.05, 0) is 61.4 Å². The van der Waals surface area contributed by atoms with E-state index in [0.29, 0.717) is 22.0 Å². The van der Waals surface area contributed by atoms with Crippen molar-refractivity contribution in [1.29, 1.82) is 0 Å². The lowest BCUT2D eigenvalue weighted by atomic mass is 9.90. The van der Waals surface area contributed by atoms with Crippen molar-refractivity contribution in [3.63, 3.8) is 0 Å². The molecule has 0 saturated heterocycles. The van der Waals surface area contributed by atoms with Crippen LogP contribution in [0, 0.1) is 12.8 Å². The van der Waals surface area contributed by atoms with E-state index in [1.807, 2.05) is 6.07 Å². The van der Waals surface area contributed by atoms with Gasteiger partial charge in [0.05, 0.1) is 9.77 Å². The quantitative estimate of drug-likeness (QED) is 0.877. The van der Waals surface area contributed by atoms with Gasteiger partial charge in [0, 0.05) is 10.6 Å². The van der Waals surface area contributed by atoms with Crippen LogP contribution in [0.2, 0.25) is 0 Å². The molecule has 3 N–H and O–H groups in total. The van der Waals surface area contributed by atoms with E-state index in [1.54, 1.807) is 19.1 Å². The summed E-state index contributed by atoms with van der Waals surface area (Å²) in [7, 11) is -3.81. The number of anilines is 1. The number of amides is 1. The second kappa shape index (κ2) is 6.31. The van der Waals surface area contributed by atoms with Crippen LogP contribution in [0.15, 0.2) is 29.2 Å². The van der Waals surface area contributed by atoms with Crippen LogP contribution in [-0.2, 0) is 22.9 Å². The highest BCUT2D eigenvalue weighted by molar-refractivity contribution is 7.89. The number of hydrogen-bond donors (Lipinski definition) is 2. The third-order valence-electron chi connectivity index (χ3n) is 4.31. The summed E-state index contributed by atoms with van der Waals surface area (Å²) in [4.78, 5) is 14.4. The average molecular weight is 364 g/mol. The maximum absolute atomic E-state index is 12.5. The molecule has 0 saturated carbocycles. The Morgan fingerprint density at radius 2 is 2.08 bits per heavy atom. The molecule has 1 heterocycles. The standard InChI is InChI=1S/C17H20N2O3S2/c1-10-3-6-14-12(7-10)8-15(23-14)17(20)19-13-5-4-11(2)16(9-13)24(18,21)22/h4-5,8-10H,3,6-7H2,1-2H3,(H,19,20)(H2,18,21,22)/t10-/m1/s1. The Hall–Kier alpha value is -1.70. The monoisotopic (exact) mass is 364 g/mol. The van der Waals surface area contributed by atoms with Crippen LogP contribution in [-0.4, -0.2) is 14.3 Å². The van der Waals surface area contributed by atoms with E-state index in [0.717, 1.165) is 19.3 Å². The maximum atomic E-state index is 12.5. The van der Waals surface area contributed by atoms with Gasteiger partial charge in [-0.1, -0.05) is 13.0 Å². The van der Waals surface area contributed by atoms with Gasteiger partial charge in [-0.2, -0.15) is 0 Å². The molecule has 0 bridgehead atoms. The molecule has 1 aromatic carbocycles. The fourth-order valence-corrected chi connectivity index (χ4v) is 4.91. The Morgan fingerprint density at radius 3 is 2.79 bits per heavy atom. The van der Waals surface area contributed by atoms with E-state index >= 15 is 0 Å². The first-order chi connectivity index (χ1) is 11.2. The number of sulfonamides is 1. The zero-order valence-electron chi connectivity index (χ0n) is 13.6. The van der Waals surface area contributed by atoms with Gasteiger partial charge in [-0.15, -0.1) is 11.3 Å². The molecule has 1 aromatic heterocycles. The molecule has 0 unspecified atom stereocenters. The molecule has 2 aromatic rings. The summed E-state index contributed by atoms with van der Waals surface area (Å²) in [6.45, 7) is 3.89. The molecule has 1 aliphatic rings. The van der Waals surface area contributed by atoms with E-state index in [1.165, 1.54) is 27.8 Å². The highest BCUT2D eigenvalue weighted by Gasteiger charge is 2.21. The number of thiophene rings is 1. The molecule has 3 rings (SSSR count). The SMILES string of the molecule is Cc1ccc(NC(=O)c2cc3c(s2)CC[C@@H](C)C3)cc1S(N)(=O)=O. The Morgan fingerprint density at radius 1 is 1.33 bits per heavy atom. The lowest BCUT2D eigenvalue weighted by Crippen LogP contribution is -2.15. The van der Waals surface area contributed by atoms with Gasteiger partial charge in [-0.3, -0.25) is 4.79 Å². The minimum absolute atomic E-state index is 0.0274. The predicted octanol–water partition coefficient (Wildman–Crippen LogP) is 3.08. The second-order valence-corrected chi connectivity index (χ2v) is 9.05. The molecule has 0 aliphatic heterocycles. The van der Waals surface area contributed by atoms with Gasteiger partial charge in [-0.25, -0.2) is 13.6 Å². The fraction of sp³-hybridized carbons (Fsp3) is 0.353. The maximum Gasteiger partial charge on any atom is 0.265 e. The van der Waals surface area contributed by atoms with E-state index in [-0.39, 0.29) is 10.8 Å². The average Bonchev–Trinajstić information content (AvgIpc) is 2.91. The molecule has 1 atom stereocenters. The van der Waals surface area contributed by atoms with Crippen LogP contribution in [0.25, 0.3) is 0 Å². The Labute approximate surface area is 145 Å². The van der Waals surface area contributed by atoms with Crippen molar-refractivity contribution < 1.29 is 13.2 Å². The molecule has 0 fully saturated rings. The van der Waals surface area contributed by atoms with Crippen LogP contribution >= 0.6 is 11.3 Å². The van der Waals surface area contributed by atoms with Crippen molar-refractivity contribution in [2.45, 2.75) is 38.0 Å². The zero-order chi connectivity index (χ0) is 17.5. The summed E-state index contributed by atoms with van der Waals surface area (Å²) >= 11 is 1.52. The van der Waals surface area contributed by atoms with Crippen LogP contribution < -0.4 is 10.5 Å². The number of primary sulfonamides is 1. The van der Waals surface area contributed by atoms with Gasteiger partial charge in [0.1, 0.15) is 0 Å². The van der Waals surface area contributed by atoms with Gasteiger partial charge >= 0.3 is 0 Å². The summed E-state index contributed by atoms with van der Waals surface area (Å²) in [5.74, 6) is 0.434. The summed E-state index contributed by atoms with van der Waals surface area (Å²) in [5.41, 5.74) is 2.24. The first-order valence-electron chi connectivity index (χ1n) is 7.80. The number of carbonyl (C=O) groups is 1. The van der Waals surface area contributed by atoms with Crippen molar-refractivity contribution in [2.75, 3.05) is 5.32 Å². The number of nitrogens with one attached hydrogen (secondary N) is 1. The molecule has 0 spiro atoms. The highest BCUT2D eigenvalue weighted by atomic mass is 32.2. The lowest BCUT2D eigenvalue weighted by molar-refractivity contribution is 0.103. The van der Waals surface area contributed by atoms with Gasteiger partial charge in [0.25, 0.3) is 5.91 Å². The van der Waals surface area contributed by atoms with Crippen LogP contribution in [0.5, 0.6) is 0 Å². The fourth-order valence-electron chi connectivity index (χ4n) is 2.99. The Balaban J connectivity index is 1.83. The molecule has 1 aliphatic carbocycles. The van der Waals surface area contributed by atoms with Crippen molar-refractivity contribution in [3.05, 3.63) is 45.1 Å². The smallest absolute Gasteiger partial charge is 0.265 e. The van der Waals surface area contributed by atoms with Gasteiger partial charge in [0.15, 0.2) is 0 Å². The van der Waals surface area contributed by atoms with Crippen LogP contribution in [0.1, 0.15) is 39.0 Å². The van der Waals surface area contributed by atoms with Crippen molar-refractivity contribution in [3.8, 4) is 0 Å². The van der Waals surface area contributed by atoms with E-state index in [9.17, 15) is 13.2 Å². The molecular formula is C17H20N2O3S2. The highest BCUT2D eigenvalue weighted by Crippen LogP contribution is 2.32. The molecule has 24 heavy (non-hydrogen) atoms. The van der Waals surface area contributed by atoms with Crippen LogP contribution in [0.3, 0.4) is 0 Å². The molecule has 128 valence electrons. The van der Waals surface area contributed by atoms with E-state index in [4.69, 9.17) is 5.14 Å². The minimum Gasteiger partial charge on any atom is -0.321 e. The normalized spacial score (nSPS) is 17.4. The van der Waals surface area contributed by atoms with Crippen molar-refractivity contribution in [1.82, 2.24) is 0 Å². The van der Waals surface area contributed by atoms with Gasteiger partial charge in [0.2, 0.25) is 10.0 Å². The van der Waals surface area contributed by atoms with E-state index in [2.05, 4.69) is 12.2 Å². The minimum atomic E-state index is -3.81. The van der Waals surface area contributed by atoms with Crippen molar-refractivity contribution >= 4 is 33.0 Å². The van der Waals surface area contributed by atoms with E-state index < -0.39 is 10.0 Å². The number of rotatable bonds is 3. The summed E-state index contributed by atoms with van der Waals surface area (Å²) < 4.78 is 23.2. The first-order valence-corrected chi connectivity index (χ1v) is 10.2. The summed E-state index contributed by atoms with van der Waals surface area (Å²) in [6.07, 6.45) is 3.19. The van der Waals surface area contributed by atoms with Crippen molar-refractivity contribution in [2.24, 2.45) is 11.1 Å². The molecule has 7 heteroatoms. The first kappa shape index (κ1) is 17.1. The topological polar surface area (TPSA) is 89.3 Å². The second-order valence-electron chi connectivity index (χ2n) is 6.39. The zero-order valence-corrected chi connectivity index (χ0v) is 15.3. The van der Waals surface area contributed by atoms with Crippen LogP contribution in [0.4, 0.5) is 5.69 Å². The number of aryl methyl sites for hydroxylation is 2. The summed E-state index contributed by atoms with van der Waals surface area (Å²) in [5, 5.41) is 7.98. The molecule has 1 amide bonds. The molecule has 0 radical (unpaired) electrons. The number of hydrogen-bond acceptors (Lipinski definition) is 4. The van der Waals surface area contributed by atoms with Gasteiger partial charge < -0.3 is 5.32 Å². The summed E-state index contributed by atoms with van der Waals surface area (Å²) in [6, 6.07) is 6.67. The number of carbonyl (C=O) groups excluding carboxylic acids is 1. The lowest BCUT2D eigenvalue weighted by Gasteiger charge is -2.16. The number of fused-ring (bicyclic) bond motifs is 1. The molecular weight excluding hydrogens is 344 g/mol. The Kier molecular flexibility index (Phi) is 4.50. The Bertz CT molecular complexity index is 901. The number of benzene rings is 1. The number of nitrogens with two attached hydrogens (primary N) is 1. The predicted molar refractivity (Wildman–Crippen MR) is 96.0 cm³/mol. The molecule has 5 nitrogen and oxygen atoms in total. The third-order valence-corrected chi connectivity index (χ3v) is 6.59. The largest absolute Gasteiger partial charge is 0.321 e.